The Morgan fingerprint density at radius 2 is 0.870 bits per heavy atom. The van der Waals surface area contributed by atoms with Crippen LogP contribution in [0.1, 0.15) is 81.0 Å². The molecule has 1 fully saturated rings. The highest BCUT2D eigenvalue weighted by Gasteiger charge is 2.29. The lowest BCUT2D eigenvalue weighted by atomic mass is 10.0. The summed E-state index contributed by atoms with van der Waals surface area (Å²) in [6, 6.07) is 39.3. The molecule has 4 aliphatic heterocycles. The Kier molecular flexibility index (Phi) is 18.9. The summed E-state index contributed by atoms with van der Waals surface area (Å²) in [6.45, 7) is 11.2. The molecule has 23 nitrogen and oxygen atoms in total. The predicted molar refractivity (Wildman–Crippen MR) is 350 cm³/mol. The van der Waals surface area contributed by atoms with Crippen molar-refractivity contribution < 1.29 is 28.7 Å². The second kappa shape index (κ2) is 27.8. The Morgan fingerprint density at radius 1 is 0.478 bits per heavy atom. The number of nitriles is 1. The first-order valence-electron chi connectivity index (χ1n) is 30.5. The molecule has 0 atom stereocenters. The number of hydrogen-bond donors (Lipinski definition) is 4. The van der Waals surface area contributed by atoms with Gasteiger partial charge < -0.3 is 45.6 Å². The first kappa shape index (κ1) is 62.6. The minimum atomic E-state index is -0.205. The fraction of sp³-hybridized carbons (Fsp3) is 0.290. The van der Waals surface area contributed by atoms with E-state index in [1.54, 1.807) is 52.5 Å². The van der Waals surface area contributed by atoms with E-state index in [1.165, 1.54) is 5.69 Å². The van der Waals surface area contributed by atoms with Crippen LogP contribution in [-0.2, 0) is 79.2 Å². The average Bonchev–Trinajstić information content (AvgIpc) is 1.67. The number of amides is 5. The summed E-state index contributed by atoms with van der Waals surface area (Å²) in [4.78, 5) is 75.4. The van der Waals surface area contributed by atoms with Crippen LogP contribution in [0.2, 0.25) is 0 Å². The summed E-state index contributed by atoms with van der Waals surface area (Å²) in [5.74, 6) is 2.45. The van der Waals surface area contributed by atoms with E-state index in [0.717, 1.165) is 135 Å². The third kappa shape index (κ3) is 14.2. The molecule has 4 aromatic carbocycles. The van der Waals surface area contributed by atoms with Gasteiger partial charge in [-0.25, -0.2) is 0 Å². The molecule has 5 aromatic heterocycles. The highest BCUT2D eigenvalue weighted by atomic mass is 16.5. The molecule has 0 spiro atoms. The van der Waals surface area contributed by atoms with E-state index in [9.17, 15) is 24.0 Å². The topological polar surface area (TPSA) is 259 Å². The standard InChI is InChI=1S/C26H29N5O3.C22H24N6O2.C21H20N6O/c1-18(32)31-12-11-24-23(17-31)25(28-29(24)2)27-22-9-7-20(8-10-22)19-3-5-21(6-4-19)26(33)30-13-15-34-16-14-30;1-14(29)28-11-10-20-18(13-28)21(26-27(20)3)25-17-7-4-15(5-8-17)16-6-9-19(24-12-16)22(30)23-2;1-14(28)27-8-7-20-19(13-27)21(25-26(20)2)24-18-5-3-16(4-6-18)17-9-15(10-22)11-23-12-17/h3-10H,11-17H2,1-2H3,(H,27,28);4-9,12H,10-11,13H2,1-3H3,(H,23,30)(H,25,26);3-6,9,11-12H,7-8,13H2,1-2H3,(H,24,25). The quantitative estimate of drug-likeness (QED) is 0.0944. The maximum absolute atomic E-state index is 12.7. The average molecular weight is 1240 g/mol. The Morgan fingerprint density at radius 3 is 1.25 bits per heavy atom. The van der Waals surface area contributed by atoms with Crippen molar-refractivity contribution in [2.45, 2.75) is 59.7 Å². The molecule has 0 bridgehead atoms. The number of carbonyl (C=O) groups excluding carboxylic acids is 5. The molecular formula is C69H73N17O6. The van der Waals surface area contributed by atoms with Gasteiger partial charge in [-0.3, -0.25) is 48.0 Å². The van der Waals surface area contributed by atoms with Gasteiger partial charge in [0.2, 0.25) is 17.7 Å². The SMILES string of the molecule is CC(=O)N1CCc2c(c(Nc3ccc(-c4ccc(C(=O)N5CCOCC5)cc4)cc3)nn2C)C1.CC(=O)N1CCc2c(c(Nc3ccc(-c4cncc(C#N)c4)cc3)nn2C)C1.CNC(=O)c1ccc(-c2ccc(Nc3nn(C)c4c3CN(C(C)=O)CC4)cc2)cn1. The summed E-state index contributed by atoms with van der Waals surface area (Å²) in [5, 5.41) is 35.7. The summed E-state index contributed by atoms with van der Waals surface area (Å²) >= 11 is 0. The molecule has 23 heteroatoms. The molecule has 4 aliphatic rings. The summed E-state index contributed by atoms with van der Waals surface area (Å²) in [7, 11) is 7.40. The largest absolute Gasteiger partial charge is 0.378 e. The lowest BCUT2D eigenvalue weighted by Gasteiger charge is -2.26. The zero-order valence-corrected chi connectivity index (χ0v) is 52.7. The number of rotatable bonds is 11. The van der Waals surface area contributed by atoms with E-state index in [2.05, 4.69) is 64.7 Å². The van der Waals surface area contributed by atoms with Gasteiger partial charge in [0, 0.05) is 187 Å². The normalized spacial score (nSPS) is 14.0. The number of anilines is 6. The maximum atomic E-state index is 12.7. The summed E-state index contributed by atoms with van der Waals surface area (Å²) < 4.78 is 11.0. The van der Waals surface area contributed by atoms with Crippen molar-refractivity contribution in [2.24, 2.45) is 21.1 Å². The predicted octanol–water partition coefficient (Wildman–Crippen LogP) is 8.70. The van der Waals surface area contributed by atoms with Gasteiger partial charge in [0.05, 0.1) is 38.4 Å². The molecular weight excluding hydrogens is 1160 g/mol. The van der Waals surface area contributed by atoms with E-state index in [-0.39, 0.29) is 29.5 Å². The van der Waals surface area contributed by atoms with Crippen LogP contribution >= 0.6 is 0 Å². The molecule has 470 valence electrons. The number of morpholine rings is 1. The number of carbonyl (C=O) groups is 5. The van der Waals surface area contributed by atoms with Crippen LogP contribution in [0.15, 0.2) is 134 Å². The number of hydrogen-bond acceptors (Lipinski definition) is 15. The van der Waals surface area contributed by atoms with Crippen LogP contribution in [0, 0.1) is 11.3 Å². The van der Waals surface area contributed by atoms with Gasteiger partial charge in [0.1, 0.15) is 11.8 Å². The molecule has 13 rings (SSSR count). The zero-order chi connectivity index (χ0) is 64.6. The molecule has 0 aliphatic carbocycles. The maximum Gasteiger partial charge on any atom is 0.269 e. The van der Waals surface area contributed by atoms with E-state index < -0.39 is 0 Å². The number of ether oxygens (including phenoxy) is 1. The molecule has 0 saturated carbocycles. The molecule has 4 N–H and O–H groups in total. The first-order chi connectivity index (χ1) is 44.5. The van der Waals surface area contributed by atoms with Crippen LogP contribution in [0.5, 0.6) is 0 Å². The number of benzene rings is 4. The molecule has 92 heavy (non-hydrogen) atoms. The molecule has 0 radical (unpaired) electrons. The monoisotopic (exact) mass is 1240 g/mol. The van der Waals surface area contributed by atoms with Crippen molar-refractivity contribution in [1.29, 1.82) is 5.26 Å². The fourth-order valence-corrected chi connectivity index (χ4v) is 11.8. The van der Waals surface area contributed by atoms with Crippen LogP contribution in [0.25, 0.3) is 33.4 Å². The second-order valence-electron chi connectivity index (χ2n) is 22.9. The number of aryl methyl sites for hydroxylation is 3. The van der Waals surface area contributed by atoms with Crippen LogP contribution < -0.4 is 21.3 Å². The number of pyridine rings is 2. The van der Waals surface area contributed by atoms with E-state index in [4.69, 9.17) is 10.00 Å². The smallest absolute Gasteiger partial charge is 0.269 e. The third-order valence-corrected chi connectivity index (χ3v) is 17.0. The van der Waals surface area contributed by atoms with E-state index in [1.807, 2.05) is 152 Å². The van der Waals surface area contributed by atoms with Gasteiger partial charge in [-0.2, -0.15) is 20.6 Å². The summed E-state index contributed by atoms with van der Waals surface area (Å²) in [5.41, 5.74) is 17.0. The van der Waals surface area contributed by atoms with Gasteiger partial charge in [-0.15, -0.1) is 0 Å². The Balaban J connectivity index is 0.000000142. The van der Waals surface area contributed by atoms with Gasteiger partial charge >= 0.3 is 0 Å². The fourth-order valence-electron chi connectivity index (χ4n) is 11.8. The molecule has 9 aromatic rings. The van der Waals surface area contributed by atoms with Gasteiger partial charge in [0.25, 0.3) is 11.8 Å². The second-order valence-corrected chi connectivity index (χ2v) is 22.9. The highest BCUT2D eigenvalue weighted by Crippen LogP contribution is 2.33. The number of nitrogens with one attached hydrogen (secondary N) is 4. The van der Waals surface area contributed by atoms with Crippen LogP contribution in [0.4, 0.5) is 34.5 Å². The molecule has 9 heterocycles. The Hall–Kier alpha value is -11.0. The molecule has 5 amide bonds. The number of aromatic nitrogens is 8. The van der Waals surface area contributed by atoms with Crippen molar-refractivity contribution in [2.75, 3.05) is 68.9 Å². The van der Waals surface area contributed by atoms with E-state index >= 15 is 0 Å². The van der Waals surface area contributed by atoms with Gasteiger partial charge in [0.15, 0.2) is 17.5 Å². The third-order valence-electron chi connectivity index (χ3n) is 17.0. The van der Waals surface area contributed by atoms with Crippen molar-refractivity contribution in [1.82, 2.24) is 64.2 Å². The van der Waals surface area contributed by atoms with Crippen LogP contribution in [0.3, 0.4) is 0 Å². The first-order valence-corrected chi connectivity index (χ1v) is 30.5. The Bertz CT molecular complexity index is 4220. The van der Waals surface area contributed by atoms with Crippen molar-refractivity contribution in [3.8, 4) is 39.4 Å². The zero-order valence-electron chi connectivity index (χ0n) is 52.7. The van der Waals surface area contributed by atoms with Crippen molar-refractivity contribution in [3.63, 3.8) is 0 Å². The van der Waals surface area contributed by atoms with E-state index in [0.29, 0.717) is 62.8 Å². The lowest BCUT2D eigenvalue weighted by molar-refractivity contribution is -0.130. The Labute approximate surface area is 533 Å². The molecule has 1 saturated heterocycles. The molecule has 0 unspecified atom stereocenters. The summed E-state index contributed by atoms with van der Waals surface area (Å²) in [6.07, 6.45) is 7.41. The lowest BCUT2D eigenvalue weighted by Crippen LogP contribution is -2.40. The van der Waals surface area contributed by atoms with Crippen molar-refractivity contribution >= 4 is 64.1 Å². The van der Waals surface area contributed by atoms with Crippen LogP contribution in [-0.4, -0.2) is 141 Å². The minimum absolute atomic E-state index is 0.0522. The minimum Gasteiger partial charge on any atom is -0.378 e. The van der Waals surface area contributed by atoms with Gasteiger partial charge in [-0.1, -0.05) is 54.6 Å². The van der Waals surface area contributed by atoms with Crippen molar-refractivity contribution in [3.05, 3.63) is 184 Å². The number of nitrogens with zero attached hydrogens (tertiary/aromatic N) is 13. The van der Waals surface area contributed by atoms with Gasteiger partial charge in [-0.05, 0) is 82.9 Å². The number of fused-ring (bicyclic) bond motifs is 3. The highest BCUT2D eigenvalue weighted by molar-refractivity contribution is 5.95.